The van der Waals surface area contributed by atoms with Crippen molar-refractivity contribution in [1.82, 2.24) is 5.32 Å². The summed E-state index contributed by atoms with van der Waals surface area (Å²) in [5.41, 5.74) is 5.44. The predicted octanol–water partition coefficient (Wildman–Crippen LogP) is 1.86. The first-order chi connectivity index (χ1) is 9.63. The fraction of sp³-hybridized carbons (Fsp3) is 0.467. The molecule has 0 unspecified atom stereocenters. The van der Waals surface area contributed by atoms with Crippen molar-refractivity contribution in [2.24, 2.45) is 5.73 Å². The molecule has 0 atom stereocenters. The van der Waals surface area contributed by atoms with Gasteiger partial charge in [0.1, 0.15) is 5.75 Å². The highest BCUT2D eigenvalue weighted by molar-refractivity contribution is 5.96. The van der Waals surface area contributed by atoms with Gasteiger partial charge in [-0.2, -0.15) is 0 Å². The maximum absolute atomic E-state index is 11.6. The summed E-state index contributed by atoms with van der Waals surface area (Å²) in [4.78, 5) is 22.2. The number of rotatable bonds is 9. The molecule has 0 saturated carbocycles. The quantitative estimate of drug-likeness (QED) is 0.676. The van der Waals surface area contributed by atoms with Gasteiger partial charge < -0.3 is 15.8 Å². The van der Waals surface area contributed by atoms with Crippen LogP contribution in [0.15, 0.2) is 24.3 Å². The summed E-state index contributed by atoms with van der Waals surface area (Å²) in [5.74, 6) is -0.142. The lowest BCUT2D eigenvalue weighted by Crippen LogP contribution is -2.33. The average Bonchev–Trinajstić information content (AvgIpc) is 2.45. The molecule has 0 aliphatic heterocycles. The van der Waals surface area contributed by atoms with Crippen LogP contribution in [0, 0.1) is 0 Å². The summed E-state index contributed by atoms with van der Waals surface area (Å²) in [6.45, 7) is 2.70. The Bertz CT molecular complexity index is 429. The van der Waals surface area contributed by atoms with E-state index >= 15 is 0 Å². The first kappa shape index (κ1) is 16.0. The fourth-order valence-electron chi connectivity index (χ4n) is 1.69. The van der Waals surface area contributed by atoms with Crippen LogP contribution in [0.5, 0.6) is 5.75 Å². The Morgan fingerprint density at radius 1 is 1.15 bits per heavy atom. The van der Waals surface area contributed by atoms with Crippen LogP contribution < -0.4 is 15.8 Å². The Morgan fingerprint density at radius 3 is 2.45 bits per heavy atom. The molecule has 0 heterocycles. The van der Waals surface area contributed by atoms with Crippen LogP contribution in [0.25, 0.3) is 0 Å². The van der Waals surface area contributed by atoms with E-state index in [1.54, 1.807) is 24.3 Å². The number of hydrogen-bond acceptors (Lipinski definition) is 3. The first-order valence-corrected chi connectivity index (χ1v) is 6.93. The average molecular weight is 278 g/mol. The lowest BCUT2D eigenvalue weighted by Gasteiger charge is -2.07. The number of carbonyl (C=O) groups is 2. The van der Waals surface area contributed by atoms with Crippen LogP contribution in [0.4, 0.5) is 0 Å². The molecular formula is C15H22N2O3. The zero-order valence-corrected chi connectivity index (χ0v) is 11.9. The number of carbonyl (C=O) groups excluding carboxylic acids is 2. The Morgan fingerprint density at radius 2 is 1.85 bits per heavy atom. The minimum absolute atomic E-state index is 0.158. The number of nitrogens with two attached hydrogens (primary N) is 1. The van der Waals surface area contributed by atoms with Gasteiger partial charge in [-0.05, 0) is 30.7 Å². The molecule has 1 rings (SSSR count). The van der Waals surface area contributed by atoms with Crippen LogP contribution in [0.2, 0.25) is 0 Å². The van der Waals surface area contributed by atoms with Gasteiger partial charge in [0, 0.05) is 5.56 Å². The first-order valence-electron chi connectivity index (χ1n) is 6.93. The lowest BCUT2D eigenvalue weighted by molar-refractivity contribution is -0.117. The molecule has 0 bridgehead atoms. The zero-order chi connectivity index (χ0) is 14.8. The molecule has 0 saturated heterocycles. The number of unbranched alkanes of at least 4 members (excludes halogenated alkanes) is 3. The van der Waals surface area contributed by atoms with Crippen molar-refractivity contribution < 1.29 is 14.3 Å². The van der Waals surface area contributed by atoms with E-state index in [-0.39, 0.29) is 12.5 Å². The molecule has 20 heavy (non-hydrogen) atoms. The van der Waals surface area contributed by atoms with Crippen molar-refractivity contribution >= 4 is 11.8 Å². The van der Waals surface area contributed by atoms with Gasteiger partial charge in [0.2, 0.25) is 5.91 Å². The largest absolute Gasteiger partial charge is 0.494 e. The van der Waals surface area contributed by atoms with Gasteiger partial charge in [-0.1, -0.05) is 26.2 Å². The second-order valence-corrected chi connectivity index (χ2v) is 4.58. The topological polar surface area (TPSA) is 81.4 Å². The van der Waals surface area contributed by atoms with Crippen molar-refractivity contribution in [3.05, 3.63) is 29.8 Å². The maximum Gasteiger partial charge on any atom is 0.251 e. The van der Waals surface area contributed by atoms with Crippen molar-refractivity contribution in [3.8, 4) is 5.75 Å². The van der Waals surface area contributed by atoms with E-state index in [9.17, 15) is 9.59 Å². The van der Waals surface area contributed by atoms with E-state index in [4.69, 9.17) is 10.5 Å². The molecule has 1 aromatic rings. The van der Waals surface area contributed by atoms with E-state index in [1.807, 2.05) is 0 Å². The maximum atomic E-state index is 11.6. The number of benzene rings is 1. The molecule has 2 amide bonds. The summed E-state index contributed by atoms with van der Waals surface area (Å²) < 4.78 is 5.58. The molecule has 0 radical (unpaired) electrons. The summed E-state index contributed by atoms with van der Waals surface area (Å²) in [6.07, 6.45) is 4.64. The molecule has 0 aliphatic rings. The fourth-order valence-corrected chi connectivity index (χ4v) is 1.69. The third-order valence-electron chi connectivity index (χ3n) is 2.81. The third kappa shape index (κ3) is 6.22. The van der Waals surface area contributed by atoms with Crippen molar-refractivity contribution in [1.29, 1.82) is 0 Å². The van der Waals surface area contributed by atoms with Crippen LogP contribution in [-0.4, -0.2) is 25.0 Å². The predicted molar refractivity (Wildman–Crippen MR) is 77.6 cm³/mol. The monoisotopic (exact) mass is 278 g/mol. The highest BCUT2D eigenvalue weighted by atomic mass is 16.5. The number of ether oxygens (including phenoxy) is 1. The van der Waals surface area contributed by atoms with Crippen molar-refractivity contribution in [3.63, 3.8) is 0 Å². The Balaban J connectivity index is 2.36. The molecule has 0 spiro atoms. The van der Waals surface area contributed by atoms with Gasteiger partial charge in [0.25, 0.3) is 5.91 Å². The van der Waals surface area contributed by atoms with E-state index in [0.29, 0.717) is 12.2 Å². The summed E-state index contributed by atoms with van der Waals surface area (Å²) in [5, 5.41) is 2.43. The normalized spacial score (nSPS) is 10.1. The summed E-state index contributed by atoms with van der Waals surface area (Å²) in [6, 6.07) is 6.83. The van der Waals surface area contributed by atoms with E-state index in [1.165, 1.54) is 19.3 Å². The van der Waals surface area contributed by atoms with Crippen LogP contribution in [0.3, 0.4) is 0 Å². The molecular weight excluding hydrogens is 256 g/mol. The highest BCUT2D eigenvalue weighted by Gasteiger charge is 2.06. The van der Waals surface area contributed by atoms with Gasteiger partial charge in [-0.15, -0.1) is 0 Å². The van der Waals surface area contributed by atoms with E-state index in [2.05, 4.69) is 12.2 Å². The van der Waals surface area contributed by atoms with E-state index < -0.39 is 5.91 Å². The smallest absolute Gasteiger partial charge is 0.251 e. The minimum atomic E-state index is -0.564. The van der Waals surface area contributed by atoms with Crippen LogP contribution >= 0.6 is 0 Å². The lowest BCUT2D eigenvalue weighted by atomic mass is 10.2. The van der Waals surface area contributed by atoms with E-state index in [0.717, 1.165) is 12.2 Å². The number of nitrogens with one attached hydrogen (secondary N) is 1. The second-order valence-electron chi connectivity index (χ2n) is 4.58. The van der Waals surface area contributed by atoms with Crippen LogP contribution in [-0.2, 0) is 4.79 Å². The number of amides is 2. The standard InChI is InChI=1S/C15H22N2O3/c1-2-3-4-5-10-20-13-8-6-12(7-9-13)15(19)17-11-14(16)18/h6-9H,2-5,10-11H2,1H3,(H2,16,18)(H,17,19). The molecule has 3 N–H and O–H groups in total. The Labute approximate surface area is 119 Å². The SMILES string of the molecule is CCCCCCOc1ccc(C(=O)NCC(N)=O)cc1. The summed E-state index contributed by atoms with van der Waals surface area (Å²) in [7, 11) is 0. The second kappa shape index (κ2) is 8.96. The van der Waals surface area contributed by atoms with Crippen molar-refractivity contribution in [2.75, 3.05) is 13.2 Å². The van der Waals surface area contributed by atoms with Gasteiger partial charge in [0.15, 0.2) is 0 Å². The Kier molecular flexibility index (Phi) is 7.17. The number of hydrogen-bond donors (Lipinski definition) is 2. The van der Waals surface area contributed by atoms with Crippen molar-refractivity contribution in [2.45, 2.75) is 32.6 Å². The molecule has 5 nitrogen and oxygen atoms in total. The zero-order valence-electron chi connectivity index (χ0n) is 11.9. The molecule has 110 valence electrons. The molecule has 0 aliphatic carbocycles. The van der Waals surface area contributed by atoms with Gasteiger partial charge in [-0.25, -0.2) is 0 Å². The minimum Gasteiger partial charge on any atom is -0.494 e. The molecule has 0 aromatic heterocycles. The molecule has 0 fully saturated rings. The van der Waals surface area contributed by atoms with Gasteiger partial charge in [-0.3, -0.25) is 9.59 Å². The molecule has 5 heteroatoms. The highest BCUT2D eigenvalue weighted by Crippen LogP contribution is 2.13. The summed E-state index contributed by atoms with van der Waals surface area (Å²) >= 11 is 0. The number of primary amides is 1. The van der Waals surface area contributed by atoms with Gasteiger partial charge in [0.05, 0.1) is 13.2 Å². The molecule has 1 aromatic carbocycles. The van der Waals surface area contributed by atoms with Crippen LogP contribution in [0.1, 0.15) is 43.0 Å². The Hall–Kier alpha value is -2.04. The van der Waals surface area contributed by atoms with Gasteiger partial charge >= 0.3 is 0 Å². The third-order valence-corrected chi connectivity index (χ3v) is 2.81.